The normalized spacial score (nSPS) is 14.5. The van der Waals surface area contributed by atoms with Crippen LogP contribution in [-0.2, 0) is 4.74 Å². The van der Waals surface area contributed by atoms with Crippen LogP contribution >= 0.6 is 0 Å². The van der Waals surface area contributed by atoms with Crippen molar-refractivity contribution in [2.45, 2.75) is 0 Å². The molecule has 2 aromatic rings. The summed E-state index contributed by atoms with van der Waals surface area (Å²) in [6.45, 7) is 2.68. The molecule has 23 heavy (non-hydrogen) atoms. The van der Waals surface area contributed by atoms with Crippen LogP contribution in [0.15, 0.2) is 36.4 Å². The quantitative estimate of drug-likeness (QED) is 0.505. The van der Waals surface area contributed by atoms with Gasteiger partial charge in [-0.3, -0.25) is 10.1 Å². The number of hydrogen-bond acceptors (Lipinski definition) is 7. The maximum Gasteiger partial charge on any atom is 0.311 e. The number of hydrogen-bond donors (Lipinski definition) is 2. The highest BCUT2D eigenvalue weighted by Crippen LogP contribution is 2.29. The number of nitrogen functional groups attached to an aromatic ring is 1. The van der Waals surface area contributed by atoms with Gasteiger partial charge in [0.2, 0.25) is 5.82 Å². The van der Waals surface area contributed by atoms with E-state index in [-0.39, 0.29) is 11.5 Å². The van der Waals surface area contributed by atoms with Crippen LogP contribution < -0.4 is 16.0 Å². The predicted molar refractivity (Wildman–Crippen MR) is 88.1 cm³/mol. The first-order valence-electron chi connectivity index (χ1n) is 7.24. The summed E-state index contributed by atoms with van der Waals surface area (Å²) >= 11 is 0. The Bertz CT molecular complexity index is 699. The van der Waals surface area contributed by atoms with Crippen LogP contribution in [0.3, 0.4) is 0 Å². The Balaban J connectivity index is 1.91. The SMILES string of the molecule is Nc1ccc(Nc2nc(N3CCOCC3)ccc2[N+](=O)[O-])cc1. The van der Waals surface area contributed by atoms with E-state index in [0.717, 1.165) is 0 Å². The summed E-state index contributed by atoms with van der Waals surface area (Å²) in [7, 11) is 0. The number of pyridine rings is 1. The maximum absolute atomic E-state index is 11.2. The number of nitrogens with zero attached hydrogens (tertiary/aromatic N) is 3. The van der Waals surface area contributed by atoms with Crippen LogP contribution in [0.2, 0.25) is 0 Å². The van der Waals surface area contributed by atoms with Crippen molar-refractivity contribution in [1.82, 2.24) is 4.98 Å². The molecule has 0 spiro atoms. The topological polar surface area (TPSA) is 107 Å². The minimum Gasteiger partial charge on any atom is -0.399 e. The first-order valence-corrected chi connectivity index (χ1v) is 7.24. The molecule has 1 saturated heterocycles. The third kappa shape index (κ3) is 3.49. The zero-order valence-electron chi connectivity index (χ0n) is 12.4. The van der Waals surface area contributed by atoms with Crippen molar-refractivity contribution in [3.05, 3.63) is 46.5 Å². The lowest BCUT2D eigenvalue weighted by molar-refractivity contribution is -0.384. The van der Waals surface area contributed by atoms with Crippen molar-refractivity contribution in [3.63, 3.8) is 0 Å². The lowest BCUT2D eigenvalue weighted by atomic mass is 10.2. The molecule has 0 aliphatic carbocycles. The van der Waals surface area contributed by atoms with Crippen LogP contribution in [-0.4, -0.2) is 36.2 Å². The highest BCUT2D eigenvalue weighted by Gasteiger charge is 2.20. The molecular weight excluding hydrogens is 298 g/mol. The van der Waals surface area contributed by atoms with Gasteiger partial charge in [0.15, 0.2) is 0 Å². The van der Waals surface area contributed by atoms with Crippen LogP contribution in [0.4, 0.5) is 28.7 Å². The Labute approximate surface area is 133 Å². The fourth-order valence-corrected chi connectivity index (χ4v) is 2.35. The Hall–Kier alpha value is -2.87. The summed E-state index contributed by atoms with van der Waals surface area (Å²) < 4.78 is 5.32. The van der Waals surface area contributed by atoms with Crippen molar-refractivity contribution >= 4 is 28.7 Å². The Morgan fingerprint density at radius 1 is 1.17 bits per heavy atom. The highest BCUT2D eigenvalue weighted by atomic mass is 16.6. The highest BCUT2D eigenvalue weighted by molar-refractivity contribution is 5.68. The molecule has 120 valence electrons. The van der Waals surface area contributed by atoms with E-state index in [1.54, 1.807) is 30.3 Å². The minimum atomic E-state index is -0.449. The molecule has 1 aromatic carbocycles. The van der Waals surface area contributed by atoms with Crippen LogP contribution in [0, 0.1) is 10.1 Å². The van der Waals surface area contributed by atoms with Crippen molar-refractivity contribution in [2.75, 3.05) is 42.3 Å². The predicted octanol–water partition coefficient (Wildman–Crippen LogP) is 2.15. The van der Waals surface area contributed by atoms with Crippen molar-refractivity contribution < 1.29 is 9.66 Å². The van der Waals surface area contributed by atoms with Gasteiger partial charge in [-0.2, -0.15) is 0 Å². The van der Waals surface area contributed by atoms with Gasteiger partial charge in [0.1, 0.15) is 5.82 Å². The van der Waals surface area contributed by atoms with Crippen molar-refractivity contribution in [3.8, 4) is 0 Å². The summed E-state index contributed by atoms with van der Waals surface area (Å²) in [6, 6.07) is 10.1. The summed E-state index contributed by atoms with van der Waals surface area (Å²) in [5, 5.41) is 14.2. The van der Waals surface area contributed by atoms with Gasteiger partial charge in [0, 0.05) is 30.5 Å². The van der Waals surface area contributed by atoms with E-state index in [0.29, 0.717) is 43.5 Å². The summed E-state index contributed by atoms with van der Waals surface area (Å²) in [5.41, 5.74) is 6.89. The average molecular weight is 315 g/mol. The average Bonchev–Trinajstić information content (AvgIpc) is 2.57. The van der Waals surface area contributed by atoms with E-state index < -0.39 is 4.92 Å². The molecule has 0 bridgehead atoms. The monoisotopic (exact) mass is 315 g/mol. The van der Waals surface area contributed by atoms with Gasteiger partial charge >= 0.3 is 5.69 Å². The number of aromatic nitrogens is 1. The van der Waals surface area contributed by atoms with E-state index in [9.17, 15) is 10.1 Å². The van der Waals surface area contributed by atoms with Crippen LogP contribution in [0.25, 0.3) is 0 Å². The number of nitro groups is 1. The number of rotatable bonds is 4. The molecule has 1 fully saturated rings. The van der Waals surface area contributed by atoms with E-state index >= 15 is 0 Å². The molecule has 0 saturated carbocycles. The first-order chi connectivity index (χ1) is 11.1. The van der Waals surface area contributed by atoms with Gasteiger partial charge in [-0.25, -0.2) is 4.98 Å². The largest absolute Gasteiger partial charge is 0.399 e. The molecule has 0 atom stereocenters. The number of nitrogens with one attached hydrogen (secondary N) is 1. The van der Waals surface area contributed by atoms with Gasteiger partial charge < -0.3 is 20.7 Å². The number of anilines is 4. The minimum absolute atomic E-state index is 0.0705. The lowest BCUT2D eigenvalue weighted by Gasteiger charge is -2.28. The summed E-state index contributed by atoms with van der Waals surface area (Å²) in [4.78, 5) is 17.2. The molecule has 2 heterocycles. The van der Waals surface area contributed by atoms with Gasteiger partial charge in [-0.05, 0) is 30.3 Å². The fourth-order valence-electron chi connectivity index (χ4n) is 2.35. The molecule has 8 nitrogen and oxygen atoms in total. The third-order valence-corrected chi connectivity index (χ3v) is 3.56. The van der Waals surface area contributed by atoms with E-state index in [4.69, 9.17) is 10.5 Å². The number of nitrogens with two attached hydrogens (primary N) is 1. The molecule has 1 aliphatic heterocycles. The molecule has 0 unspecified atom stereocenters. The zero-order valence-corrected chi connectivity index (χ0v) is 12.4. The summed E-state index contributed by atoms with van der Waals surface area (Å²) in [6.07, 6.45) is 0. The second-order valence-corrected chi connectivity index (χ2v) is 5.14. The Morgan fingerprint density at radius 2 is 1.87 bits per heavy atom. The van der Waals surface area contributed by atoms with Gasteiger partial charge in [0.05, 0.1) is 18.1 Å². The second kappa shape index (κ2) is 6.49. The van der Waals surface area contributed by atoms with Crippen molar-refractivity contribution in [2.24, 2.45) is 0 Å². The Morgan fingerprint density at radius 3 is 2.52 bits per heavy atom. The lowest BCUT2D eigenvalue weighted by Crippen LogP contribution is -2.36. The van der Waals surface area contributed by atoms with E-state index in [2.05, 4.69) is 10.3 Å². The van der Waals surface area contributed by atoms with Crippen LogP contribution in [0.5, 0.6) is 0 Å². The molecule has 1 aromatic heterocycles. The molecule has 3 rings (SSSR count). The molecule has 3 N–H and O–H groups in total. The molecular formula is C15H17N5O3. The zero-order chi connectivity index (χ0) is 16.2. The Kier molecular flexibility index (Phi) is 4.24. The molecule has 8 heteroatoms. The second-order valence-electron chi connectivity index (χ2n) is 5.14. The molecule has 1 aliphatic rings. The van der Waals surface area contributed by atoms with Crippen molar-refractivity contribution in [1.29, 1.82) is 0 Å². The standard InChI is InChI=1S/C15H17N5O3/c16-11-1-3-12(4-2-11)17-15-13(20(21)22)5-6-14(18-15)19-7-9-23-10-8-19/h1-6H,7-10,16H2,(H,17,18). The molecule has 0 radical (unpaired) electrons. The first kappa shape index (κ1) is 15.0. The van der Waals surface area contributed by atoms with E-state index in [1.807, 2.05) is 4.90 Å². The smallest absolute Gasteiger partial charge is 0.311 e. The van der Waals surface area contributed by atoms with Gasteiger partial charge in [-0.1, -0.05) is 0 Å². The fraction of sp³-hybridized carbons (Fsp3) is 0.267. The third-order valence-electron chi connectivity index (χ3n) is 3.56. The van der Waals surface area contributed by atoms with Gasteiger partial charge in [0.25, 0.3) is 0 Å². The molecule has 0 amide bonds. The van der Waals surface area contributed by atoms with Crippen LogP contribution in [0.1, 0.15) is 0 Å². The number of ether oxygens (including phenoxy) is 1. The summed E-state index contributed by atoms with van der Waals surface area (Å²) in [5.74, 6) is 0.903. The number of morpholine rings is 1. The van der Waals surface area contributed by atoms with E-state index in [1.165, 1.54) is 6.07 Å². The van der Waals surface area contributed by atoms with Gasteiger partial charge in [-0.15, -0.1) is 0 Å². The number of benzene rings is 1. The maximum atomic E-state index is 11.2.